The van der Waals surface area contributed by atoms with Crippen molar-refractivity contribution in [1.82, 2.24) is 5.32 Å². The first-order valence-electron chi connectivity index (χ1n) is 6.07. The molecule has 0 heterocycles. The molecule has 0 aliphatic heterocycles. The van der Waals surface area contributed by atoms with Gasteiger partial charge < -0.3 is 5.32 Å². The summed E-state index contributed by atoms with van der Waals surface area (Å²) in [5.74, 6) is 0.757. The van der Waals surface area contributed by atoms with Crippen LogP contribution in [-0.4, -0.2) is 12.1 Å². The summed E-state index contributed by atoms with van der Waals surface area (Å²) in [5, 5.41) is 3.93. The van der Waals surface area contributed by atoms with Crippen molar-refractivity contribution in [1.29, 1.82) is 0 Å². The third-order valence-corrected chi connectivity index (χ3v) is 3.41. The van der Waals surface area contributed by atoms with Gasteiger partial charge in [-0.15, -0.1) is 0 Å². The zero-order chi connectivity index (χ0) is 12.6. The van der Waals surface area contributed by atoms with Gasteiger partial charge in [0.25, 0.3) is 0 Å². The highest BCUT2D eigenvalue weighted by molar-refractivity contribution is 6.30. The van der Waals surface area contributed by atoms with E-state index < -0.39 is 0 Å². The van der Waals surface area contributed by atoms with Gasteiger partial charge in [-0.25, -0.2) is 4.39 Å². The fourth-order valence-corrected chi connectivity index (χ4v) is 2.25. The third kappa shape index (κ3) is 3.43. The highest BCUT2D eigenvalue weighted by atomic mass is 35.5. The fourth-order valence-electron chi connectivity index (χ4n) is 2.09. The molecule has 1 aromatic rings. The molecule has 0 spiro atoms. The molecular weight excluding hydrogens is 237 g/mol. The van der Waals surface area contributed by atoms with E-state index in [0.717, 1.165) is 18.5 Å². The summed E-state index contributed by atoms with van der Waals surface area (Å²) in [6.45, 7) is 7.39. The minimum atomic E-state index is -0.166. The molecule has 1 saturated carbocycles. The second-order valence-corrected chi connectivity index (χ2v) is 6.34. The van der Waals surface area contributed by atoms with E-state index in [9.17, 15) is 4.39 Å². The predicted molar refractivity (Wildman–Crippen MR) is 70.0 cm³/mol. The molecule has 1 aliphatic carbocycles. The second kappa shape index (κ2) is 4.58. The maximum atomic E-state index is 13.7. The van der Waals surface area contributed by atoms with E-state index in [1.54, 1.807) is 6.07 Å². The van der Waals surface area contributed by atoms with Crippen molar-refractivity contribution in [3.63, 3.8) is 0 Å². The smallest absolute Gasteiger partial charge is 0.128 e. The van der Waals surface area contributed by atoms with Crippen LogP contribution in [0.4, 0.5) is 4.39 Å². The molecular formula is C14H19ClFN. The number of nitrogens with one attached hydrogen (secondary N) is 1. The Morgan fingerprint density at radius 2 is 2.12 bits per heavy atom. The Labute approximate surface area is 107 Å². The topological polar surface area (TPSA) is 12.0 Å². The molecule has 0 aromatic heterocycles. The van der Waals surface area contributed by atoms with Crippen LogP contribution in [0.15, 0.2) is 18.2 Å². The van der Waals surface area contributed by atoms with Crippen LogP contribution in [0.1, 0.15) is 38.7 Å². The van der Waals surface area contributed by atoms with Gasteiger partial charge in [0.05, 0.1) is 0 Å². The molecule has 0 amide bonds. The molecule has 2 atom stereocenters. The first-order chi connectivity index (χ1) is 7.87. The fraction of sp³-hybridized carbons (Fsp3) is 0.571. The Hall–Kier alpha value is -0.600. The lowest BCUT2D eigenvalue weighted by molar-refractivity contribution is 0.413. The van der Waals surface area contributed by atoms with Crippen molar-refractivity contribution in [2.24, 2.45) is 5.92 Å². The first-order valence-corrected chi connectivity index (χ1v) is 6.44. The summed E-state index contributed by atoms with van der Waals surface area (Å²) < 4.78 is 13.7. The molecule has 1 N–H and O–H groups in total. The largest absolute Gasteiger partial charge is 0.312 e. The summed E-state index contributed by atoms with van der Waals surface area (Å²) in [7, 11) is 0. The molecule has 0 bridgehead atoms. The Balaban J connectivity index is 1.94. The molecule has 17 heavy (non-hydrogen) atoms. The van der Waals surface area contributed by atoms with Gasteiger partial charge in [0, 0.05) is 10.6 Å². The first kappa shape index (κ1) is 12.8. The van der Waals surface area contributed by atoms with E-state index in [1.165, 1.54) is 6.07 Å². The Kier molecular flexibility index (Phi) is 3.46. The Morgan fingerprint density at radius 1 is 1.41 bits per heavy atom. The summed E-state index contributed by atoms with van der Waals surface area (Å²) in [5.41, 5.74) is 0.946. The van der Waals surface area contributed by atoms with Crippen molar-refractivity contribution in [3.05, 3.63) is 34.6 Å². The van der Waals surface area contributed by atoms with E-state index in [1.807, 2.05) is 6.07 Å². The van der Waals surface area contributed by atoms with Crippen molar-refractivity contribution in [2.45, 2.75) is 38.6 Å². The van der Waals surface area contributed by atoms with Gasteiger partial charge in [0.1, 0.15) is 5.82 Å². The van der Waals surface area contributed by atoms with Gasteiger partial charge in [0.15, 0.2) is 0 Å². The van der Waals surface area contributed by atoms with Gasteiger partial charge in [-0.2, -0.15) is 0 Å². The average molecular weight is 256 g/mol. The van der Waals surface area contributed by atoms with Crippen molar-refractivity contribution in [2.75, 3.05) is 6.54 Å². The maximum absolute atomic E-state index is 13.7. The summed E-state index contributed by atoms with van der Waals surface area (Å²) >= 11 is 5.75. The van der Waals surface area contributed by atoms with Gasteiger partial charge in [0.2, 0.25) is 0 Å². The zero-order valence-corrected chi connectivity index (χ0v) is 11.3. The van der Waals surface area contributed by atoms with E-state index in [-0.39, 0.29) is 11.4 Å². The molecule has 1 nitrogen and oxygen atoms in total. The second-order valence-electron chi connectivity index (χ2n) is 5.90. The van der Waals surface area contributed by atoms with E-state index in [2.05, 4.69) is 26.1 Å². The third-order valence-electron chi connectivity index (χ3n) is 3.18. The van der Waals surface area contributed by atoms with Crippen LogP contribution >= 0.6 is 11.6 Å². The van der Waals surface area contributed by atoms with Crippen LogP contribution < -0.4 is 5.32 Å². The highest BCUT2D eigenvalue weighted by Gasteiger charge is 2.39. The van der Waals surface area contributed by atoms with E-state index in [4.69, 9.17) is 11.6 Å². The SMILES string of the molecule is CC(C)(C)NCC1CC1c1ccc(Cl)cc1F. The standard InChI is InChI=1S/C14H19ClFN/c1-14(2,3)17-8-9-6-12(9)11-5-4-10(15)7-13(11)16/h4-5,7,9,12,17H,6,8H2,1-3H3. The molecule has 1 aliphatic rings. The molecule has 2 unspecified atom stereocenters. The van der Waals surface area contributed by atoms with Crippen LogP contribution in [0, 0.1) is 11.7 Å². The summed E-state index contributed by atoms with van der Waals surface area (Å²) in [6, 6.07) is 5.00. The molecule has 0 saturated heterocycles. The lowest BCUT2D eigenvalue weighted by Crippen LogP contribution is -2.37. The predicted octanol–water partition coefficient (Wildman–Crippen LogP) is 3.97. The van der Waals surface area contributed by atoms with Crippen LogP contribution in [0.25, 0.3) is 0 Å². The number of hydrogen-bond donors (Lipinski definition) is 1. The van der Waals surface area contributed by atoms with Crippen molar-refractivity contribution < 1.29 is 4.39 Å². The summed E-state index contributed by atoms with van der Waals surface area (Å²) in [6.07, 6.45) is 1.07. The zero-order valence-electron chi connectivity index (χ0n) is 10.6. The number of hydrogen-bond acceptors (Lipinski definition) is 1. The Morgan fingerprint density at radius 3 is 2.71 bits per heavy atom. The van der Waals surface area contributed by atoms with Gasteiger partial charge in [-0.1, -0.05) is 17.7 Å². The minimum Gasteiger partial charge on any atom is -0.312 e. The van der Waals surface area contributed by atoms with Gasteiger partial charge in [-0.05, 0) is 63.3 Å². The van der Waals surface area contributed by atoms with Crippen LogP contribution in [0.3, 0.4) is 0 Å². The molecule has 1 aromatic carbocycles. The van der Waals surface area contributed by atoms with Crippen molar-refractivity contribution in [3.8, 4) is 0 Å². The minimum absolute atomic E-state index is 0.131. The molecule has 3 heteroatoms. The van der Waals surface area contributed by atoms with Gasteiger partial charge in [-0.3, -0.25) is 0 Å². The van der Waals surface area contributed by atoms with Crippen molar-refractivity contribution >= 4 is 11.6 Å². The number of halogens is 2. The Bertz CT molecular complexity index is 411. The monoisotopic (exact) mass is 255 g/mol. The average Bonchev–Trinajstić information content (AvgIpc) is 2.93. The summed E-state index contributed by atoms with van der Waals surface area (Å²) in [4.78, 5) is 0. The molecule has 1 fully saturated rings. The highest BCUT2D eigenvalue weighted by Crippen LogP contribution is 2.48. The van der Waals surface area contributed by atoms with Gasteiger partial charge >= 0.3 is 0 Å². The quantitative estimate of drug-likeness (QED) is 0.862. The number of rotatable bonds is 3. The lowest BCUT2D eigenvalue weighted by Gasteiger charge is -2.20. The molecule has 94 valence electrons. The van der Waals surface area contributed by atoms with Crippen LogP contribution in [0.2, 0.25) is 5.02 Å². The van der Waals surface area contributed by atoms with Crippen LogP contribution in [0.5, 0.6) is 0 Å². The number of benzene rings is 1. The lowest BCUT2D eigenvalue weighted by atomic mass is 10.1. The maximum Gasteiger partial charge on any atom is 0.128 e. The van der Waals surface area contributed by atoms with E-state index >= 15 is 0 Å². The normalized spacial score (nSPS) is 23.8. The molecule has 0 radical (unpaired) electrons. The van der Waals surface area contributed by atoms with Crippen LogP contribution in [-0.2, 0) is 0 Å². The van der Waals surface area contributed by atoms with E-state index in [0.29, 0.717) is 16.9 Å². The molecule has 2 rings (SSSR count).